The summed E-state index contributed by atoms with van der Waals surface area (Å²) < 4.78 is 18.8. The van der Waals surface area contributed by atoms with Crippen molar-refractivity contribution >= 4 is 11.7 Å². The second kappa shape index (κ2) is 15.9. The number of hydrogen-bond donors (Lipinski definition) is 1. The van der Waals surface area contributed by atoms with Gasteiger partial charge < -0.3 is 10.1 Å². The number of hydrogen-bond acceptors (Lipinski definition) is 3. The molecule has 0 atom stereocenters. The van der Waals surface area contributed by atoms with E-state index in [2.05, 4.69) is 24.0 Å². The molecule has 1 aromatic carbocycles. The summed E-state index contributed by atoms with van der Waals surface area (Å²) >= 11 is 0. The van der Waals surface area contributed by atoms with Gasteiger partial charge in [0, 0.05) is 12.2 Å². The smallest absolute Gasteiger partial charge is 0.341 e. The minimum Gasteiger partial charge on any atom is -0.462 e. The quantitative estimate of drug-likeness (QED) is 0.187. The van der Waals surface area contributed by atoms with E-state index < -0.39 is 11.8 Å². The average Bonchev–Trinajstić information content (AvgIpc) is 2.68. The van der Waals surface area contributed by atoms with Crippen molar-refractivity contribution in [1.82, 2.24) is 0 Å². The zero-order valence-corrected chi connectivity index (χ0v) is 17.4. The summed E-state index contributed by atoms with van der Waals surface area (Å²) in [6, 6.07) is 4.52. The summed E-state index contributed by atoms with van der Waals surface area (Å²) in [4.78, 5) is 11.6. The molecule has 28 heavy (non-hydrogen) atoms. The van der Waals surface area contributed by atoms with Gasteiger partial charge in [-0.3, -0.25) is 0 Å². The highest BCUT2D eigenvalue weighted by Crippen LogP contribution is 2.16. The SMILES string of the molecule is C=CCCCCCCCC/C=C/CCCNc1ccc(C(=O)OCC)c(F)c1. The van der Waals surface area contributed by atoms with Gasteiger partial charge in [-0.25, -0.2) is 9.18 Å². The van der Waals surface area contributed by atoms with Gasteiger partial charge in [-0.05, 0) is 63.6 Å². The highest BCUT2D eigenvalue weighted by Gasteiger charge is 2.12. The van der Waals surface area contributed by atoms with Crippen LogP contribution in [0.4, 0.5) is 10.1 Å². The molecule has 1 N–H and O–H groups in total. The van der Waals surface area contributed by atoms with Gasteiger partial charge in [-0.15, -0.1) is 6.58 Å². The van der Waals surface area contributed by atoms with E-state index in [0.29, 0.717) is 5.69 Å². The van der Waals surface area contributed by atoms with Gasteiger partial charge in [0.1, 0.15) is 5.82 Å². The maximum Gasteiger partial charge on any atom is 0.341 e. The molecule has 4 heteroatoms. The Morgan fingerprint density at radius 1 is 1.04 bits per heavy atom. The number of allylic oxidation sites excluding steroid dienone is 3. The Bertz CT molecular complexity index is 598. The molecule has 3 nitrogen and oxygen atoms in total. The number of anilines is 1. The molecule has 0 unspecified atom stereocenters. The third-order valence-electron chi connectivity index (χ3n) is 4.54. The predicted octanol–water partition coefficient (Wildman–Crippen LogP) is 7.06. The molecule has 0 heterocycles. The summed E-state index contributed by atoms with van der Waals surface area (Å²) in [6.45, 7) is 6.46. The van der Waals surface area contributed by atoms with Crippen LogP contribution in [0.2, 0.25) is 0 Å². The lowest BCUT2D eigenvalue weighted by Crippen LogP contribution is -2.08. The van der Waals surface area contributed by atoms with Crippen molar-refractivity contribution in [2.45, 2.75) is 71.1 Å². The van der Waals surface area contributed by atoms with E-state index in [9.17, 15) is 9.18 Å². The number of carbonyl (C=O) groups excluding carboxylic acids is 1. The molecule has 156 valence electrons. The normalized spacial score (nSPS) is 10.9. The Kier molecular flexibility index (Phi) is 13.6. The number of unbranched alkanes of at least 4 members (excludes halogenated alkanes) is 8. The first-order chi connectivity index (χ1) is 13.7. The zero-order chi connectivity index (χ0) is 20.5. The van der Waals surface area contributed by atoms with E-state index >= 15 is 0 Å². The number of benzene rings is 1. The molecule has 0 radical (unpaired) electrons. The van der Waals surface area contributed by atoms with E-state index in [0.717, 1.165) is 32.2 Å². The molecular formula is C24H36FNO2. The number of esters is 1. The van der Waals surface area contributed by atoms with Gasteiger partial charge in [0.25, 0.3) is 0 Å². The molecule has 1 rings (SSSR count). The van der Waals surface area contributed by atoms with Crippen molar-refractivity contribution in [1.29, 1.82) is 0 Å². The first kappa shape index (κ1) is 23.9. The van der Waals surface area contributed by atoms with Crippen LogP contribution in [-0.4, -0.2) is 19.1 Å². The lowest BCUT2D eigenvalue weighted by Gasteiger charge is -2.08. The van der Waals surface area contributed by atoms with Gasteiger partial charge in [-0.2, -0.15) is 0 Å². The Hall–Kier alpha value is -2.10. The van der Waals surface area contributed by atoms with Crippen LogP contribution >= 0.6 is 0 Å². The minimum absolute atomic E-state index is 0.0212. The Morgan fingerprint density at radius 2 is 1.68 bits per heavy atom. The summed E-state index contributed by atoms with van der Waals surface area (Å²) in [5.41, 5.74) is 0.662. The lowest BCUT2D eigenvalue weighted by molar-refractivity contribution is 0.0521. The third kappa shape index (κ3) is 10.9. The summed E-state index contributed by atoms with van der Waals surface area (Å²) in [5.74, 6) is -1.17. The van der Waals surface area contributed by atoms with E-state index in [-0.39, 0.29) is 12.2 Å². The molecule has 1 aromatic rings. The molecule has 0 aliphatic rings. The molecule has 0 saturated heterocycles. The largest absolute Gasteiger partial charge is 0.462 e. The molecule has 0 amide bonds. The number of ether oxygens (including phenoxy) is 1. The maximum absolute atomic E-state index is 13.9. The van der Waals surface area contributed by atoms with E-state index in [1.807, 2.05) is 6.08 Å². The Morgan fingerprint density at radius 3 is 2.32 bits per heavy atom. The summed E-state index contributed by atoms with van der Waals surface area (Å²) in [6.07, 6.45) is 18.7. The highest BCUT2D eigenvalue weighted by molar-refractivity contribution is 5.90. The maximum atomic E-state index is 13.9. The van der Waals surface area contributed by atoms with Crippen molar-refractivity contribution in [3.05, 3.63) is 54.4 Å². The molecule has 0 saturated carbocycles. The summed E-state index contributed by atoms with van der Waals surface area (Å²) in [5, 5.41) is 3.19. The first-order valence-electron chi connectivity index (χ1n) is 10.7. The van der Waals surface area contributed by atoms with E-state index in [1.165, 1.54) is 50.7 Å². The molecule has 0 bridgehead atoms. The number of halogens is 1. The topological polar surface area (TPSA) is 38.3 Å². The Balaban J connectivity index is 2.06. The monoisotopic (exact) mass is 389 g/mol. The summed E-state index contributed by atoms with van der Waals surface area (Å²) in [7, 11) is 0. The predicted molar refractivity (Wildman–Crippen MR) is 116 cm³/mol. The average molecular weight is 390 g/mol. The van der Waals surface area contributed by atoms with Crippen molar-refractivity contribution < 1.29 is 13.9 Å². The van der Waals surface area contributed by atoms with E-state index in [1.54, 1.807) is 13.0 Å². The molecule has 0 fully saturated rings. The zero-order valence-electron chi connectivity index (χ0n) is 17.4. The van der Waals surface area contributed by atoms with Gasteiger partial charge in [0.05, 0.1) is 12.2 Å². The molecular weight excluding hydrogens is 353 g/mol. The van der Waals surface area contributed by atoms with Gasteiger partial charge in [0.15, 0.2) is 0 Å². The van der Waals surface area contributed by atoms with Gasteiger partial charge in [-0.1, -0.05) is 43.9 Å². The standard InChI is InChI=1S/C24H36FNO2/c1-3-5-6-7-8-9-10-11-12-13-14-15-16-19-26-21-17-18-22(23(25)20-21)24(27)28-4-2/h3,13-14,17-18,20,26H,1,4-12,15-16,19H2,2H3/b14-13+. The van der Waals surface area contributed by atoms with Crippen LogP contribution in [0.25, 0.3) is 0 Å². The number of rotatable bonds is 16. The fraction of sp³-hybridized carbons (Fsp3) is 0.542. The van der Waals surface area contributed by atoms with Crippen LogP contribution in [0.1, 0.15) is 81.5 Å². The van der Waals surface area contributed by atoms with Crippen molar-refractivity contribution in [3.63, 3.8) is 0 Å². The van der Waals surface area contributed by atoms with Crippen LogP contribution in [0, 0.1) is 5.82 Å². The van der Waals surface area contributed by atoms with Crippen molar-refractivity contribution in [3.8, 4) is 0 Å². The second-order valence-electron chi connectivity index (χ2n) is 6.94. The van der Waals surface area contributed by atoms with E-state index in [4.69, 9.17) is 4.74 Å². The van der Waals surface area contributed by atoms with Crippen LogP contribution in [0.5, 0.6) is 0 Å². The molecule has 0 aliphatic carbocycles. The fourth-order valence-corrected chi connectivity index (χ4v) is 2.95. The van der Waals surface area contributed by atoms with Gasteiger partial charge in [0.2, 0.25) is 0 Å². The third-order valence-corrected chi connectivity index (χ3v) is 4.54. The number of nitrogens with one attached hydrogen (secondary N) is 1. The first-order valence-corrected chi connectivity index (χ1v) is 10.7. The highest BCUT2D eigenvalue weighted by atomic mass is 19.1. The second-order valence-corrected chi connectivity index (χ2v) is 6.94. The molecule has 0 spiro atoms. The van der Waals surface area contributed by atoms with Crippen LogP contribution in [-0.2, 0) is 4.74 Å². The van der Waals surface area contributed by atoms with Crippen LogP contribution < -0.4 is 5.32 Å². The minimum atomic E-state index is -0.621. The molecule has 0 aliphatic heterocycles. The van der Waals surface area contributed by atoms with Gasteiger partial charge >= 0.3 is 5.97 Å². The number of carbonyl (C=O) groups is 1. The lowest BCUT2D eigenvalue weighted by atomic mass is 10.1. The van der Waals surface area contributed by atoms with Crippen molar-refractivity contribution in [2.75, 3.05) is 18.5 Å². The fourth-order valence-electron chi connectivity index (χ4n) is 2.95. The van der Waals surface area contributed by atoms with Crippen molar-refractivity contribution in [2.24, 2.45) is 0 Å². The molecule has 0 aromatic heterocycles. The van der Waals surface area contributed by atoms with Crippen LogP contribution in [0.15, 0.2) is 43.0 Å². The van der Waals surface area contributed by atoms with Crippen LogP contribution in [0.3, 0.4) is 0 Å². The Labute approximate surface area is 170 Å².